The average molecular weight is 390 g/mol. The zero-order valence-corrected chi connectivity index (χ0v) is 15.9. The Kier molecular flexibility index (Phi) is 5.65. The van der Waals surface area contributed by atoms with Crippen molar-refractivity contribution >= 4 is 23.2 Å². The second kappa shape index (κ2) is 8.68. The van der Waals surface area contributed by atoms with E-state index in [0.29, 0.717) is 42.4 Å². The highest BCUT2D eigenvalue weighted by atomic mass is 16.4. The van der Waals surface area contributed by atoms with Crippen molar-refractivity contribution in [3.63, 3.8) is 0 Å². The molecule has 1 aromatic heterocycles. The highest BCUT2D eigenvalue weighted by Crippen LogP contribution is 2.30. The fraction of sp³-hybridized carbons (Fsp3) is 0.273. The van der Waals surface area contributed by atoms with Crippen LogP contribution >= 0.6 is 0 Å². The number of aryl methyl sites for hydroxylation is 1. The van der Waals surface area contributed by atoms with Gasteiger partial charge < -0.3 is 15.1 Å². The van der Waals surface area contributed by atoms with Gasteiger partial charge in [-0.25, -0.2) is 0 Å². The van der Waals surface area contributed by atoms with E-state index in [-0.39, 0.29) is 17.7 Å². The summed E-state index contributed by atoms with van der Waals surface area (Å²) in [6.07, 6.45) is 3.37. The van der Waals surface area contributed by atoms with Gasteiger partial charge in [-0.15, -0.1) is 10.2 Å². The molecule has 4 rings (SSSR count). The van der Waals surface area contributed by atoms with Crippen molar-refractivity contribution < 1.29 is 14.0 Å². The normalized spacial score (nSPS) is 13.1. The molecule has 1 saturated carbocycles. The summed E-state index contributed by atoms with van der Waals surface area (Å²) in [5, 5.41) is 13.8. The summed E-state index contributed by atoms with van der Waals surface area (Å²) in [5.41, 5.74) is 2.23. The van der Waals surface area contributed by atoms with Crippen LogP contribution in [0.25, 0.3) is 11.5 Å². The summed E-state index contributed by atoms with van der Waals surface area (Å²) in [6, 6.07) is 16.8. The topological polar surface area (TPSA) is 97.1 Å². The standard InChI is InChI=1S/C22H22N4O3/c27-19(23-17-8-4-9-18(14-17)24-21(28)15-12-13-15)10-5-11-20-25-26-22(29-20)16-6-2-1-3-7-16/h1-4,6-9,14-15H,5,10-13H2,(H,23,27)(H,24,28). The predicted octanol–water partition coefficient (Wildman–Crippen LogP) is 4.05. The molecule has 0 atom stereocenters. The lowest BCUT2D eigenvalue weighted by Crippen LogP contribution is -2.14. The molecule has 2 aromatic carbocycles. The Bertz CT molecular complexity index is 996. The third-order valence-corrected chi connectivity index (χ3v) is 4.64. The second-order valence-corrected chi connectivity index (χ2v) is 7.11. The van der Waals surface area contributed by atoms with Gasteiger partial charge in [0, 0.05) is 35.7 Å². The smallest absolute Gasteiger partial charge is 0.247 e. The van der Waals surface area contributed by atoms with Gasteiger partial charge in [0.1, 0.15) is 0 Å². The first kappa shape index (κ1) is 18.9. The van der Waals surface area contributed by atoms with E-state index in [1.54, 1.807) is 12.1 Å². The molecule has 0 spiro atoms. The highest BCUT2D eigenvalue weighted by Gasteiger charge is 2.29. The first-order valence-electron chi connectivity index (χ1n) is 9.76. The van der Waals surface area contributed by atoms with Gasteiger partial charge in [0.2, 0.25) is 23.6 Å². The molecule has 0 radical (unpaired) electrons. The van der Waals surface area contributed by atoms with Crippen molar-refractivity contribution in [3.8, 4) is 11.5 Å². The maximum absolute atomic E-state index is 12.2. The molecule has 1 aliphatic carbocycles. The van der Waals surface area contributed by atoms with E-state index in [1.165, 1.54) is 0 Å². The number of nitrogens with one attached hydrogen (secondary N) is 2. The minimum Gasteiger partial charge on any atom is -0.421 e. The van der Waals surface area contributed by atoms with Crippen LogP contribution in [0.15, 0.2) is 59.0 Å². The van der Waals surface area contributed by atoms with Crippen molar-refractivity contribution in [1.82, 2.24) is 10.2 Å². The van der Waals surface area contributed by atoms with Crippen LogP contribution in [-0.2, 0) is 16.0 Å². The zero-order chi connectivity index (χ0) is 20.1. The van der Waals surface area contributed by atoms with Crippen LogP contribution in [-0.4, -0.2) is 22.0 Å². The molecule has 0 aliphatic heterocycles. The maximum atomic E-state index is 12.2. The highest BCUT2D eigenvalue weighted by molar-refractivity contribution is 5.95. The molecule has 2 N–H and O–H groups in total. The Morgan fingerprint density at radius 2 is 1.72 bits per heavy atom. The van der Waals surface area contributed by atoms with E-state index >= 15 is 0 Å². The number of hydrogen-bond donors (Lipinski definition) is 2. The molecule has 2 amide bonds. The minimum atomic E-state index is -0.0986. The monoisotopic (exact) mass is 390 g/mol. The van der Waals surface area contributed by atoms with Crippen molar-refractivity contribution in [1.29, 1.82) is 0 Å². The first-order valence-corrected chi connectivity index (χ1v) is 9.76. The molecular formula is C22H22N4O3. The molecule has 1 aliphatic rings. The maximum Gasteiger partial charge on any atom is 0.247 e. The number of carbonyl (C=O) groups excluding carboxylic acids is 2. The molecule has 1 fully saturated rings. The van der Waals surface area contributed by atoms with Crippen LogP contribution in [0.4, 0.5) is 11.4 Å². The number of rotatable bonds is 8. The first-order chi connectivity index (χ1) is 14.2. The van der Waals surface area contributed by atoms with Gasteiger partial charge >= 0.3 is 0 Å². The van der Waals surface area contributed by atoms with Crippen LogP contribution in [0.5, 0.6) is 0 Å². The summed E-state index contributed by atoms with van der Waals surface area (Å²) in [5.74, 6) is 1.08. The molecule has 1 heterocycles. The number of hydrogen-bond acceptors (Lipinski definition) is 5. The van der Waals surface area contributed by atoms with Gasteiger partial charge in [0.05, 0.1) is 0 Å². The molecule has 7 nitrogen and oxygen atoms in total. The van der Waals surface area contributed by atoms with E-state index < -0.39 is 0 Å². The van der Waals surface area contributed by atoms with Crippen molar-refractivity contribution in [2.75, 3.05) is 10.6 Å². The molecule has 0 bridgehead atoms. The largest absolute Gasteiger partial charge is 0.421 e. The summed E-state index contributed by atoms with van der Waals surface area (Å²) in [7, 11) is 0. The number of benzene rings is 2. The van der Waals surface area contributed by atoms with Gasteiger partial charge in [-0.05, 0) is 49.6 Å². The molecule has 0 saturated heterocycles. The number of aromatic nitrogens is 2. The third kappa shape index (κ3) is 5.28. The van der Waals surface area contributed by atoms with Gasteiger partial charge in [-0.2, -0.15) is 0 Å². The van der Waals surface area contributed by atoms with E-state index in [9.17, 15) is 9.59 Å². The summed E-state index contributed by atoms with van der Waals surface area (Å²) >= 11 is 0. The van der Waals surface area contributed by atoms with Crippen molar-refractivity contribution in [2.45, 2.75) is 32.1 Å². The van der Waals surface area contributed by atoms with E-state index in [2.05, 4.69) is 20.8 Å². The molecule has 3 aromatic rings. The molecular weight excluding hydrogens is 368 g/mol. The van der Waals surface area contributed by atoms with Crippen molar-refractivity contribution in [2.24, 2.45) is 5.92 Å². The average Bonchev–Trinajstić information content (AvgIpc) is 3.48. The predicted molar refractivity (Wildman–Crippen MR) is 109 cm³/mol. The lowest BCUT2D eigenvalue weighted by Gasteiger charge is -2.08. The van der Waals surface area contributed by atoms with Gasteiger partial charge in [0.25, 0.3) is 0 Å². The van der Waals surface area contributed by atoms with Crippen LogP contribution < -0.4 is 10.6 Å². The van der Waals surface area contributed by atoms with Crippen LogP contribution in [0.1, 0.15) is 31.6 Å². The molecule has 148 valence electrons. The lowest BCUT2D eigenvalue weighted by atomic mass is 10.2. The van der Waals surface area contributed by atoms with Gasteiger partial charge in [-0.1, -0.05) is 24.3 Å². The summed E-state index contributed by atoms with van der Waals surface area (Å²) in [4.78, 5) is 24.1. The lowest BCUT2D eigenvalue weighted by molar-refractivity contribution is -0.117. The Balaban J connectivity index is 1.24. The number of nitrogens with zero attached hydrogens (tertiary/aromatic N) is 2. The Hall–Kier alpha value is -3.48. The second-order valence-electron chi connectivity index (χ2n) is 7.11. The Labute approximate surface area is 168 Å². The van der Waals surface area contributed by atoms with Crippen LogP contribution in [0.3, 0.4) is 0 Å². The number of carbonyl (C=O) groups is 2. The molecule has 29 heavy (non-hydrogen) atoms. The van der Waals surface area contributed by atoms with Gasteiger partial charge in [0.15, 0.2) is 0 Å². The van der Waals surface area contributed by atoms with E-state index in [1.807, 2.05) is 42.5 Å². The molecule has 0 unspecified atom stereocenters. The Morgan fingerprint density at radius 3 is 2.48 bits per heavy atom. The van der Waals surface area contributed by atoms with E-state index in [0.717, 1.165) is 18.4 Å². The van der Waals surface area contributed by atoms with Gasteiger partial charge in [-0.3, -0.25) is 9.59 Å². The van der Waals surface area contributed by atoms with Crippen molar-refractivity contribution in [3.05, 3.63) is 60.5 Å². The minimum absolute atomic E-state index is 0.0444. The van der Waals surface area contributed by atoms with Crippen LogP contribution in [0.2, 0.25) is 0 Å². The SMILES string of the molecule is O=C(CCCc1nnc(-c2ccccc2)o1)Nc1cccc(NC(=O)C2CC2)c1. The van der Waals surface area contributed by atoms with E-state index in [4.69, 9.17) is 4.42 Å². The molecule has 7 heteroatoms. The number of anilines is 2. The quantitative estimate of drug-likeness (QED) is 0.605. The zero-order valence-electron chi connectivity index (χ0n) is 15.9. The fourth-order valence-corrected chi connectivity index (χ4v) is 2.94. The fourth-order valence-electron chi connectivity index (χ4n) is 2.94. The number of amides is 2. The van der Waals surface area contributed by atoms with Crippen LogP contribution in [0, 0.1) is 5.92 Å². The summed E-state index contributed by atoms with van der Waals surface area (Å²) < 4.78 is 5.65. The summed E-state index contributed by atoms with van der Waals surface area (Å²) in [6.45, 7) is 0. The Morgan fingerprint density at radius 1 is 0.966 bits per heavy atom. The third-order valence-electron chi connectivity index (χ3n) is 4.64.